The summed E-state index contributed by atoms with van der Waals surface area (Å²) in [4.78, 5) is 12.0. The molecule has 2 aromatic heterocycles. The highest BCUT2D eigenvalue weighted by Crippen LogP contribution is 2.35. The van der Waals surface area contributed by atoms with Gasteiger partial charge in [-0.05, 0) is 93.1 Å². The van der Waals surface area contributed by atoms with Crippen LogP contribution in [0.3, 0.4) is 0 Å². The molecular weight excluding hydrogens is 435 g/mol. The first kappa shape index (κ1) is 25.5. The number of unbranched alkanes of at least 4 members (excludes halogenated alkanes) is 1. The molecule has 5 heteroatoms. The Morgan fingerprint density at radius 1 is 1.03 bits per heavy atom. The summed E-state index contributed by atoms with van der Waals surface area (Å²) in [5.41, 5.74) is 6.83. The molecular formula is C30H39FN4. The summed E-state index contributed by atoms with van der Waals surface area (Å²) in [5.74, 6) is -0.198. The monoisotopic (exact) mass is 474 g/mol. The van der Waals surface area contributed by atoms with Gasteiger partial charge in [-0.3, -0.25) is 14.9 Å². The van der Waals surface area contributed by atoms with Crippen molar-refractivity contribution in [1.82, 2.24) is 20.2 Å². The highest BCUT2D eigenvalue weighted by atomic mass is 19.1. The largest absolute Gasteiger partial charge is 0.311 e. The van der Waals surface area contributed by atoms with E-state index >= 15 is 0 Å². The highest BCUT2D eigenvalue weighted by Gasteiger charge is 2.32. The normalized spacial score (nSPS) is 14.0. The van der Waals surface area contributed by atoms with Crippen molar-refractivity contribution >= 4 is 0 Å². The molecule has 1 N–H and O–H groups in total. The summed E-state index contributed by atoms with van der Waals surface area (Å²) < 4.78 is 13.5. The lowest BCUT2D eigenvalue weighted by Crippen LogP contribution is -2.30. The maximum Gasteiger partial charge on any atom is 0.123 e. The highest BCUT2D eigenvalue weighted by molar-refractivity contribution is 5.39. The van der Waals surface area contributed by atoms with Gasteiger partial charge in [0, 0.05) is 36.9 Å². The van der Waals surface area contributed by atoms with E-state index < -0.39 is 0 Å². The maximum absolute atomic E-state index is 13.5. The van der Waals surface area contributed by atoms with Gasteiger partial charge in [-0.2, -0.15) is 0 Å². The molecule has 3 aromatic rings. The Kier molecular flexibility index (Phi) is 8.30. The van der Waals surface area contributed by atoms with Crippen molar-refractivity contribution in [2.24, 2.45) is 0 Å². The average molecular weight is 475 g/mol. The van der Waals surface area contributed by atoms with Crippen LogP contribution in [-0.4, -0.2) is 34.0 Å². The summed E-state index contributed by atoms with van der Waals surface area (Å²) in [7, 11) is 0. The molecule has 1 aromatic carbocycles. The van der Waals surface area contributed by atoms with Crippen LogP contribution < -0.4 is 5.32 Å². The number of aryl methyl sites for hydroxylation is 2. The van der Waals surface area contributed by atoms with Crippen LogP contribution in [0.1, 0.15) is 73.2 Å². The summed E-state index contributed by atoms with van der Waals surface area (Å²) in [6, 6.07) is 14.0. The Morgan fingerprint density at radius 3 is 2.51 bits per heavy atom. The Labute approximate surface area is 210 Å². The minimum absolute atomic E-state index is 0.198. The number of aromatic nitrogens is 2. The molecule has 2 heterocycles. The van der Waals surface area contributed by atoms with Crippen LogP contribution in [-0.2, 0) is 18.5 Å². The molecule has 0 spiro atoms. The number of nitrogens with one attached hydrogen (secondary N) is 1. The number of pyridine rings is 2. The Hall–Kier alpha value is -2.63. The van der Waals surface area contributed by atoms with Crippen molar-refractivity contribution in [2.45, 2.75) is 77.9 Å². The molecule has 0 atom stereocenters. The van der Waals surface area contributed by atoms with Gasteiger partial charge in [-0.25, -0.2) is 4.39 Å². The fraction of sp³-hybridized carbons (Fsp3) is 0.467. The minimum atomic E-state index is -0.238. The molecule has 0 unspecified atom stereocenters. The predicted octanol–water partition coefficient (Wildman–Crippen LogP) is 6.09. The van der Waals surface area contributed by atoms with Crippen molar-refractivity contribution in [3.05, 3.63) is 94.3 Å². The predicted molar refractivity (Wildman–Crippen MR) is 141 cm³/mol. The number of rotatable bonds is 12. The average Bonchev–Trinajstić information content (AvgIpc) is 3.68. The molecule has 0 bridgehead atoms. The van der Waals surface area contributed by atoms with Crippen LogP contribution in [0.4, 0.5) is 4.39 Å². The second-order valence-corrected chi connectivity index (χ2v) is 10.5. The lowest BCUT2D eigenvalue weighted by atomic mass is 9.77. The van der Waals surface area contributed by atoms with Gasteiger partial charge in [0.25, 0.3) is 0 Å². The third-order valence-electron chi connectivity index (χ3n) is 7.21. The number of nitrogens with zero attached hydrogens (tertiary/aromatic N) is 3. The molecule has 0 saturated heterocycles. The van der Waals surface area contributed by atoms with Gasteiger partial charge in [0.15, 0.2) is 0 Å². The molecule has 0 aliphatic heterocycles. The smallest absolute Gasteiger partial charge is 0.123 e. The van der Waals surface area contributed by atoms with Crippen molar-refractivity contribution in [1.29, 1.82) is 0 Å². The minimum Gasteiger partial charge on any atom is -0.311 e. The summed E-state index contributed by atoms with van der Waals surface area (Å²) >= 11 is 0. The molecule has 4 rings (SSSR count). The van der Waals surface area contributed by atoms with Crippen LogP contribution in [0, 0.1) is 19.7 Å². The van der Waals surface area contributed by atoms with E-state index in [1.54, 1.807) is 12.1 Å². The maximum atomic E-state index is 13.5. The summed E-state index contributed by atoms with van der Waals surface area (Å²) in [6.07, 6.45) is 8.70. The van der Waals surface area contributed by atoms with Crippen molar-refractivity contribution in [2.75, 3.05) is 13.1 Å². The van der Waals surface area contributed by atoms with Gasteiger partial charge in [-0.15, -0.1) is 0 Å². The van der Waals surface area contributed by atoms with E-state index in [0.717, 1.165) is 56.0 Å². The van der Waals surface area contributed by atoms with E-state index in [2.05, 4.69) is 55.0 Å². The molecule has 1 saturated carbocycles. The molecule has 0 amide bonds. The third kappa shape index (κ3) is 6.74. The summed E-state index contributed by atoms with van der Waals surface area (Å²) in [5, 5.41) is 3.56. The first-order chi connectivity index (χ1) is 16.8. The van der Waals surface area contributed by atoms with Crippen molar-refractivity contribution in [3.8, 4) is 0 Å². The van der Waals surface area contributed by atoms with Gasteiger partial charge in [-0.1, -0.05) is 38.1 Å². The molecule has 0 radical (unpaired) electrons. The molecule has 1 aliphatic rings. The van der Waals surface area contributed by atoms with Crippen molar-refractivity contribution in [3.63, 3.8) is 0 Å². The van der Waals surface area contributed by atoms with Crippen LogP contribution in [0.2, 0.25) is 0 Å². The van der Waals surface area contributed by atoms with E-state index in [1.165, 1.54) is 29.5 Å². The van der Waals surface area contributed by atoms with Crippen LogP contribution in [0.25, 0.3) is 0 Å². The lowest BCUT2D eigenvalue weighted by Gasteiger charge is -2.30. The second kappa shape index (κ2) is 11.4. The van der Waals surface area contributed by atoms with Crippen LogP contribution in [0.5, 0.6) is 0 Å². The van der Waals surface area contributed by atoms with Gasteiger partial charge >= 0.3 is 0 Å². The standard InChI is InChI=1S/C30H39FN4/c1-22-18-23(2)28(34-19-22)20-32-15-5-6-17-35(26-13-14-26)21-29-27(8-7-16-33-29)30(3,4)24-9-11-25(31)12-10-24/h7-12,16,18-19,26,32H,5-6,13-15,17,20-21H2,1-4H3. The van der Waals surface area contributed by atoms with Crippen molar-refractivity contribution < 1.29 is 4.39 Å². The molecule has 35 heavy (non-hydrogen) atoms. The fourth-order valence-electron chi connectivity index (χ4n) is 4.88. The number of benzene rings is 1. The Balaban J connectivity index is 1.32. The summed E-state index contributed by atoms with van der Waals surface area (Å²) in [6.45, 7) is 12.4. The van der Waals surface area contributed by atoms with E-state index in [1.807, 2.05) is 30.6 Å². The van der Waals surface area contributed by atoms with Gasteiger partial charge in [0.2, 0.25) is 0 Å². The number of halogens is 1. The molecule has 186 valence electrons. The Bertz CT molecular complexity index is 1110. The zero-order valence-corrected chi connectivity index (χ0v) is 21.6. The first-order valence-corrected chi connectivity index (χ1v) is 12.9. The number of hydrogen-bond donors (Lipinski definition) is 1. The topological polar surface area (TPSA) is 41.1 Å². The third-order valence-corrected chi connectivity index (χ3v) is 7.21. The van der Waals surface area contributed by atoms with Crippen LogP contribution >= 0.6 is 0 Å². The quantitative estimate of drug-likeness (QED) is 0.322. The fourth-order valence-corrected chi connectivity index (χ4v) is 4.88. The molecule has 4 nitrogen and oxygen atoms in total. The van der Waals surface area contributed by atoms with Gasteiger partial charge in [0.05, 0.1) is 11.4 Å². The zero-order valence-electron chi connectivity index (χ0n) is 21.6. The van der Waals surface area contributed by atoms with E-state index in [0.29, 0.717) is 6.04 Å². The van der Waals surface area contributed by atoms with Gasteiger partial charge < -0.3 is 5.32 Å². The van der Waals surface area contributed by atoms with Crippen LogP contribution in [0.15, 0.2) is 54.9 Å². The number of hydrogen-bond acceptors (Lipinski definition) is 4. The zero-order chi connectivity index (χ0) is 24.8. The van der Waals surface area contributed by atoms with Gasteiger partial charge in [0.1, 0.15) is 5.82 Å². The molecule has 1 fully saturated rings. The van der Waals surface area contributed by atoms with E-state index in [4.69, 9.17) is 4.98 Å². The first-order valence-electron chi connectivity index (χ1n) is 12.9. The SMILES string of the molecule is Cc1cnc(CNCCCCN(Cc2ncccc2C(C)(C)c2ccc(F)cc2)C2CC2)c(C)c1. The Morgan fingerprint density at radius 2 is 1.80 bits per heavy atom. The second-order valence-electron chi connectivity index (χ2n) is 10.5. The van der Waals surface area contributed by atoms with E-state index in [9.17, 15) is 4.39 Å². The molecule has 1 aliphatic carbocycles. The lowest BCUT2D eigenvalue weighted by molar-refractivity contribution is 0.244. The van der Waals surface area contributed by atoms with E-state index in [-0.39, 0.29) is 11.2 Å².